The number of ether oxygens (including phenoxy) is 6. The Morgan fingerprint density at radius 1 is 0.403 bits per heavy atom. The molecule has 3 rings (SSSR count). The van der Waals surface area contributed by atoms with Crippen molar-refractivity contribution < 1.29 is 56.4 Å². The number of halogens is 2. The van der Waals surface area contributed by atoms with Gasteiger partial charge in [-0.1, -0.05) is 116 Å². The van der Waals surface area contributed by atoms with Gasteiger partial charge in [-0.25, -0.2) is 19.2 Å². The number of hydrogen-bond donors (Lipinski definition) is 0. The number of unbranched alkanes of at least 4 members (excludes halogenated alkanes) is 18. The molecule has 3 aromatic rings. The quantitative estimate of drug-likeness (QED) is 0.0248. The third kappa shape index (κ3) is 21.3. The Hall–Kier alpha value is -5.52. The Morgan fingerprint density at radius 3 is 0.968 bits per heavy atom. The van der Waals surface area contributed by atoms with Crippen molar-refractivity contribution in [3.05, 3.63) is 109 Å². The molecule has 0 fully saturated rings. The standard InChI is InChI=1S/C50H64F2O10/c1-3-45(53)59-37-23-19-15-11-7-5-9-13-17-21-35-57-41-29-25-39(26-30-41)49(55)61-43-33-34-44(48(52)47(43)51)62-50(56)40-27-31-42(32-28-40)58-36-22-18-14-10-6-8-12-16-20-24-38-60-46(54)4-2/h3-4,25-34H,1-2,5-24,35-38H2. The Morgan fingerprint density at radius 2 is 0.677 bits per heavy atom. The van der Waals surface area contributed by atoms with Gasteiger partial charge in [0.25, 0.3) is 0 Å². The van der Waals surface area contributed by atoms with Crippen molar-refractivity contribution in [3.63, 3.8) is 0 Å². The Balaban J connectivity index is 1.25. The van der Waals surface area contributed by atoms with Crippen molar-refractivity contribution in [2.24, 2.45) is 0 Å². The number of hydrogen-bond acceptors (Lipinski definition) is 10. The molecular formula is C50H64F2O10. The summed E-state index contributed by atoms with van der Waals surface area (Å²) in [6.45, 7) is 8.73. The van der Waals surface area contributed by atoms with Gasteiger partial charge in [0, 0.05) is 12.2 Å². The lowest BCUT2D eigenvalue weighted by atomic mass is 10.1. The highest BCUT2D eigenvalue weighted by molar-refractivity contribution is 5.92. The molecule has 0 saturated heterocycles. The molecule has 0 aliphatic carbocycles. The molecule has 12 heteroatoms. The maximum Gasteiger partial charge on any atom is 0.343 e. The van der Waals surface area contributed by atoms with E-state index in [1.165, 1.54) is 87.8 Å². The van der Waals surface area contributed by atoms with Gasteiger partial charge in [0.05, 0.1) is 37.6 Å². The second-order valence-electron chi connectivity index (χ2n) is 15.0. The Bertz CT molecular complexity index is 1660. The predicted molar refractivity (Wildman–Crippen MR) is 235 cm³/mol. The van der Waals surface area contributed by atoms with E-state index in [0.717, 1.165) is 89.2 Å². The second-order valence-corrected chi connectivity index (χ2v) is 15.0. The molecule has 0 atom stereocenters. The van der Waals surface area contributed by atoms with Crippen LogP contribution in [-0.4, -0.2) is 50.3 Å². The van der Waals surface area contributed by atoms with Crippen LogP contribution < -0.4 is 18.9 Å². The van der Waals surface area contributed by atoms with Gasteiger partial charge in [-0.3, -0.25) is 0 Å². The molecule has 0 heterocycles. The van der Waals surface area contributed by atoms with E-state index in [1.807, 2.05) is 0 Å². The molecule has 0 radical (unpaired) electrons. The van der Waals surface area contributed by atoms with Crippen LogP contribution in [0.5, 0.6) is 23.0 Å². The normalized spacial score (nSPS) is 10.7. The van der Waals surface area contributed by atoms with E-state index in [2.05, 4.69) is 13.2 Å². The van der Waals surface area contributed by atoms with Crippen LogP contribution in [0.3, 0.4) is 0 Å². The highest BCUT2D eigenvalue weighted by Gasteiger charge is 2.21. The molecule has 338 valence electrons. The van der Waals surface area contributed by atoms with Crippen LogP contribution in [0.1, 0.15) is 149 Å². The molecular weight excluding hydrogens is 799 g/mol. The van der Waals surface area contributed by atoms with Gasteiger partial charge in [-0.05, 0) is 86.3 Å². The van der Waals surface area contributed by atoms with Crippen LogP contribution in [0.4, 0.5) is 8.78 Å². The Kier molecular flexibility index (Phi) is 25.7. The van der Waals surface area contributed by atoms with Gasteiger partial charge in [-0.2, -0.15) is 8.78 Å². The average molecular weight is 863 g/mol. The zero-order chi connectivity index (χ0) is 44.6. The predicted octanol–water partition coefficient (Wildman–Crippen LogP) is 12.4. The van der Waals surface area contributed by atoms with Crippen LogP contribution in [0.25, 0.3) is 0 Å². The molecule has 0 spiro atoms. The van der Waals surface area contributed by atoms with E-state index < -0.39 is 35.1 Å². The third-order valence-corrected chi connectivity index (χ3v) is 10.0. The van der Waals surface area contributed by atoms with Gasteiger partial charge in [0.15, 0.2) is 11.5 Å². The molecule has 62 heavy (non-hydrogen) atoms. The van der Waals surface area contributed by atoms with E-state index in [0.29, 0.717) is 37.9 Å². The smallest absolute Gasteiger partial charge is 0.343 e. The van der Waals surface area contributed by atoms with E-state index in [9.17, 15) is 28.0 Å². The first-order valence-corrected chi connectivity index (χ1v) is 22.2. The van der Waals surface area contributed by atoms with Gasteiger partial charge >= 0.3 is 23.9 Å². The minimum absolute atomic E-state index is 0.119. The third-order valence-electron chi connectivity index (χ3n) is 10.0. The van der Waals surface area contributed by atoms with Crippen molar-refractivity contribution >= 4 is 23.9 Å². The summed E-state index contributed by atoms with van der Waals surface area (Å²) < 4.78 is 61.6. The summed E-state index contributed by atoms with van der Waals surface area (Å²) >= 11 is 0. The van der Waals surface area contributed by atoms with E-state index in [-0.39, 0.29) is 23.1 Å². The molecule has 10 nitrogen and oxygen atoms in total. The lowest BCUT2D eigenvalue weighted by Gasteiger charge is -2.11. The number of benzene rings is 3. The minimum atomic E-state index is -1.47. The first kappa shape index (κ1) is 50.8. The SMILES string of the molecule is C=CC(=O)OCCCCCCCCCCCCOc1ccc(C(=O)Oc2ccc(OC(=O)c3ccc(OCCCCCCCCCCCCOC(=O)C=C)cc3)c(F)c2F)cc1. The molecule has 0 bridgehead atoms. The zero-order valence-electron chi connectivity index (χ0n) is 36.2. The van der Waals surface area contributed by atoms with Gasteiger partial charge < -0.3 is 28.4 Å². The first-order chi connectivity index (χ1) is 30.2. The second kappa shape index (κ2) is 31.3. The fraction of sp³-hybridized carbons (Fsp3) is 0.480. The number of carbonyl (C=O) groups is 4. The van der Waals surface area contributed by atoms with Gasteiger partial charge in [-0.15, -0.1) is 0 Å². The lowest BCUT2D eigenvalue weighted by Crippen LogP contribution is -2.12. The average Bonchev–Trinajstić information content (AvgIpc) is 3.29. The highest BCUT2D eigenvalue weighted by atomic mass is 19.2. The monoisotopic (exact) mass is 862 g/mol. The summed E-state index contributed by atoms with van der Waals surface area (Å²) in [6.07, 6.45) is 24.1. The van der Waals surface area contributed by atoms with Gasteiger partial charge in [0.1, 0.15) is 11.5 Å². The summed E-state index contributed by atoms with van der Waals surface area (Å²) in [5.41, 5.74) is 0.239. The van der Waals surface area contributed by atoms with E-state index in [4.69, 9.17) is 28.4 Å². The summed E-state index contributed by atoms with van der Waals surface area (Å²) in [4.78, 5) is 47.4. The minimum Gasteiger partial charge on any atom is -0.494 e. The Labute approximate surface area is 366 Å². The molecule has 0 aliphatic heterocycles. The maximum absolute atomic E-state index is 14.9. The van der Waals surface area contributed by atoms with Crippen molar-refractivity contribution in [1.29, 1.82) is 0 Å². The van der Waals surface area contributed by atoms with Crippen molar-refractivity contribution in [1.82, 2.24) is 0 Å². The summed E-state index contributed by atoms with van der Waals surface area (Å²) in [7, 11) is 0. The largest absolute Gasteiger partial charge is 0.494 e. The summed E-state index contributed by atoms with van der Waals surface area (Å²) in [5, 5.41) is 0. The maximum atomic E-state index is 14.9. The lowest BCUT2D eigenvalue weighted by molar-refractivity contribution is -0.138. The van der Waals surface area contributed by atoms with Crippen LogP contribution in [-0.2, 0) is 19.1 Å². The van der Waals surface area contributed by atoms with Crippen molar-refractivity contribution in [3.8, 4) is 23.0 Å². The fourth-order valence-electron chi connectivity index (χ4n) is 6.44. The van der Waals surface area contributed by atoms with E-state index >= 15 is 0 Å². The first-order valence-electron chi connectivity index (χ1n) is 22.2. The van der Waals surface area contributed by atoms with Crippen LogP contribution >= 0.6 is 0 Å². The number of rotatable bonds is 34. The highest BCUT2D eigenvalue weighted by Crippen LogP contribution is 2.29. The van der Waals surface area contributed by atoms with Crippen LogP contribution in [0.2, 0.25) is 0 Å². The van der Waals surface area contributed by atoms with E-state index in [1.54, 1.807) is 24.3 Å². The molecule has 0 saturated carbocycles. The fourth-order valence-corrected chi connectivity index (χ4v) is 6.44. The molecule has 0 aliphatic rings. The molecule has 0 amide bonds. The number of carbonyl (C=O) groups excluding carboxylic acids is 4. The summed E-state index contributed by atoms with van der Waals surface area (Å²) in [6, 6.07) is 14.4. The molecule has 3 aromatic carbocycles. The van der Waals surface area contributed by atoms with Crippen molar-refractivity contribution in [2.45, 2.75) is 128 Å². The van der Waals surface area contributed by atoms with Crippen molar-refractivity contribution in [2.75, 3.05) is 26.4 Å². The summed E-state index contributed by atoms with van der Waals surface area (Å²) in [5.74, 6) is -5.60. The molecule has 0 unspecified atom stereocenters. The van der Waals surface area contributed by atoms with Gasteiger partial charge in [0.2, 0.25) is 11.6 Å². The van der Waals surface area contributed by atoms with Crippen LogP contribution in [0.15, 0.2) is 86.0 Å². The van der Waals surface area contributed by atoms with Crippen LogP contribution in [0, 0.1) is 11.6 Å². The zero-order valence-corrected chi connectivity index (χ0v) is 36.2. The number of esters is 4. The molecule has 0 aromatic heterocycles. The topological polar surface area (TPSA) is 124 Å². The molecule has 0 N–H and O–H groups in total.